The number of nitrogens with one attached hydrogen (secondary N) is 1. The first kappa shape index (κ1) is 23.6. The number of nitrogens with zero attached hydrogens (tertiary/aromatic N) is 1. The summed E-state index contributed by atoms with van der Waals surface area (Å²) < 4.78 is 46.2. The van der Waals surface area contributed by atoms with Crippen molar-refractivity contribution in [1.82, 2.24) is 10.2 Å². The monoisotopic (exact) mass is 476 g/mol. The molecule has 0 spiro atoms. The molecule has 4 rings (SSSR count). The molecule has 2 unspecified atom stereocenters. The van der Waals surface area contributed by atoms with Crippen LogP contribution in [0.25, 0.3) is 11.1 Å². The van der Waals surface area contributed by atoms with Crippen LogP contribution in [0.5, 0.6) is 0 Å². The van der Waals surface area contributed by atoms with E-state index in [9.17, 15) is 32.7 Å². The van der Waals surface area contributed by atoms with E-state index in [4.69, 9.17) is 4.74 Å². The van der Waals surface area contributed by atoms with Gasteiger partial charge in [0.2, 0.25) is 6.04 Å². The van der Waals surface area contributed by atoms with Crippen LogP contribution < -0.4 is 5.32 Å². The topological polar surface area (TPSA) is 95.9 Å². The minimum atomic E-state index is -5.12. The number of hydrogen-bond acceptors (Lipinski definition) is 4. The van der Waals surface area contributed by atoms with E-state index in [-0.39, 0.29) is 25.5 Å². The average molecular weight is 476 g/mol. The Balaban J connectivity index is 1.47. The quantitative estimate of drug-likeness (QED) is 0.682. The number of alkyl carbamates (subject to hydrolysis) is 1. The second kappa shape index (κ2) is 9.36. The van der Waals surface area contributed by atoms with Gasteiger partial charge in [-0.2, -0.15) is 13.2 Å². The molecule has 2 aromatic carbocycles. The van der Waals surface area contributed by atoms with Crippen molar-refractivity contribution >= 4 is 18.0 Å². The van der Waals surface area contributed by atoms with E-state index in [1.807, 2.05) is 48.5 Å². The van der Waals surface area contributed by atoms with Crippen LogP contribution in [0.1, 0.15) is 36.3 Å². The van der Waals surface area contributed by atoms with Gasteiger partial charge in [0.1, 0.15) is 12.6 Å². The first-order valence-corrected chi connectivity index (χ1v) is 10.9. The summed E-state index contributed by atoms with van der Waals surface area (Å²) in [5.74, 6) is -3.25. The zero-order valence-electron chi connectivity index (χ0n) is 18.0. The lowest BCUT2D eigenvalue weighted by Crippen LogP contribution is -2.60. The minimum absolute atomic E-state index is 0.0522. The van der Waals surface area contributed by atoms with Gasteiger partial charge in [0.05, 0.1) is 0 Å². The average Bonchev–Trinajstić information content (AvgIpc) is 3.14. The molecule has 1 saturated heterocycles. The highest BCUT2D eigenvalue weighted by molar-refractivity contribution is 5.90. The molecule has 2 aromatic rings. The van der Waals surface area contributed by atoms with Gasteiger partial charge in [0.15, 0.2) is 0 Å². The van der Waals surface area contributed by atoms with Crippen molar-refractivity contribution < 1.29 is 37.4 Å². The van der Waals surface area contributed by atoms with Gasteiger partial charge in [-0.1, -0.05) is 48.5 Å². The molecule has 2 amide bonds. The highest BCUT2D eigenvalue weighted by Gasteiger charge is 2.50. The number of carbonyl (C=O) groups is 3. The van der Waals surface area contributed by atoms with Crippen molar-refractivity contribution in [3.63, 3.8) is 0 Å². The number of aliphatic carboxylic acids is 1. The number of fused-ring (bicyclic) bond motifs is 3. The number of halogens is 3. The normalized spacial score (nSPS) is 18.6. The van der Waals surface area contributed by atoms with Gasteiger partial charge in [-0.25, -0.2) is 9.59 Å². The van der Waals surface area contributed by atoms with Crippen molar-refractivity contribution in [1.29, 1.82) is 0 Å². The summed E-state index contributed by atoms with van der Waals surface area (Å²) in [6, 6.07) is 10.7. The zero-order valence-corrected chi connectivity index (χ0v) is 18.0. The maximum absolute atomic E-state index is 13.7. The fourth-order valence-corrected chi connectivity index (χ4v) is 4.66. The second-order valence-corrected chi connectivity index (χ2v) is 8.33. The summed E-state index contributed by atoms with van der Waals surface area (Å²) in [7, 11) is 0. The molecule has 1 heterocycles. The number of carboxylic acid groups (broad SMARTS) is 1. The predicted molar refractivity (Wildman–Crippen MR) is 115 cm³/mol. The largest absolute Gasteiger partial charge is 0.480 e. The Morgan fingerprint density at radius 3 is 2.18 bits per heavy atom. The van der Waals surface area contributed by atoms with Gasteiger partial charge in [-0.05, 0) is 41.5 Å². The Morgan fingerprint density at radius 2 is 1.62 bits per heavy atom. The summed E-state index contributed by atoms with van der Waals surface area (Å²) in [5.41, 5.74) is 3.69. The smallest absolute Gasteiger partial charge is 0.417 e. The number of likely N-dealkylation sites (tertiary alicyclic amines) is 1. The van der Waals surface area contributed by atoms with E-state index in [2.05, 4.69) is 0 Å². The molecule has 0 bridgehead atoms. The molecule has 0 radical (unpaired) electrons. The van der Waals surface area contributed by atoms with Crippen molar-refractivity contribution in [2.75, 3.05) is 13.2 Å². The van der Waals surface area contributed by atoms with E-state index in [0.29, 0.717) is 17.7 Å². The van der Waals surface area contributed by atoms with Crippen molar-refractivity contribution in [3.05, 3.63) is 59.7 Å². The zero-order chi connectivity index (χ0) is 24.5. The standard InChI is InChI=1S/C24H23F3N2O5/c25-24(26,27)20(21(30)29-12-6-5-11-19(29)22(31)32)28-23(33)34-13-18-16-9-3-1-7-14(16)15-8-2-4-10-17(15)18/h1-4,7-10,18-20H,5-6,11-13H2,(H,28,33)(H,31,32). The molecular formula is C24H23F3N2O5. The lowest BCUT2D eigenvalue weighted by atomic mass is 9.98. The first-order valence-electron chi connectivity index (χ1n) is 10.9. The predicted octanol–water partition coefficient (Wildman–Crippen LogP) is 3.92. The number of hydrogen-bond donors (Lipinski definition) is 2. The van der Waals surface area contributed by atoms with E-state index >= 15 is 0 Å². The number of carboxylic acids is 1. The van der Waals surface area contributed by atoms with E-state index in [1.54, 1.807) is 5.32 Å². The van der Waals surface area contributed by atoms with Crippen LogP contribution in [0, 0.1) is 0 Å². The number of rotatable bonds is 5. The third kappa shape index (κ3) is 4.57. The Morgan fingerprint density at radius 1 is 1.03 bits per heavy atom. The van der Waals surface area contributed by atoms with Crippen molar-refractivity contribution in [3.8, 4) is 11.1 Å². The lowest BCUT2D eigenvalue weighted by molar-refractivity contribution is -0.179. The van der Waals surface area contributed by atoms with Gasteiger partial charge in [-0.3, -0.25) is 4.79 Å². The van der Waals surface area contributed by atoms with Crippen LogP contribution in [0.3, 0.4) is 0 Å². The van der Waals surface area contributed by atoms with Gasteiger partial charge in [0, 0.05) is 12.5 Å². The van der Waals surface area contributed by atoms with Crippen LogP contribution in [-0.4, -0.2) is 59.4 Å². The Bertz CT molecular complexity index is 1060. The molecule has 2 N–H and O–H groups in total. The van der Waals surface area contributed by atoms with Crippen LogP contribution >= 0.6 is 0 Å². The molecule has 10 heteroatoms. The molecule has 1 aliphatic carbocycles. The fraction of sp³-hybridized carbons (Fsp3) is 0.375. The summed E-state index contributed by atoms with van der Waals surface area (Å²) in [6.07, 6.45) is -5.61. The van der Waals surface area contributed by atoms with E-state index < -0.39 is 36.2 Å². The summed E-state index contributed by atoms with van der Waals surface area (Å²) in [4.78, 5) is 37.1. The van der Waals surface area contributed by atoms with Gasteiger partial charge >= 0.3 is 18.2 Å². The SMILES string of the molecule is O=C(NC(C(=O)N1CCCCC1C(=O)O)C(F)(F)F)OCC1c2ccccc2-c2ccccc21. The molecule has 0 aromatic heterocycles. The van der Waals surface area contributed by atoms with Gasteiger partial charge < -0.3 is 20.1 Å². The number of piperidine rings is 1. The van der Waals surface area contributed by atoms with Gasteiger partial charge in [0.25, 0.3) is 5.91 Å². The molecule has 1 fully saturated rings. The number of amides is 2. The summed E-state index contributed by atoms with van der Waals surface area (Å²) in [6.45, 7) is -0.352. The molecule has 34 heavy (non-hydrogen) atoms. The number of benzene rings is 2. The maximum atomic E-state index is 13.7. The second-order valence-electron chi connectivity index (χ2n) is 8.33. The first-order chi connectivity index (χ1) is 16.2. The Kier molecular flexibility index (Phi) is 6.49. The van der Waals surface area contributed by atoms with E-state index in [1.165, 1.54) is 0 Å². The van der Waals surface area contributed by atoms with Crippen LogP contribution in [0.15, 0.2) is 48.5 Å². The molecule has 1 aliphatic heterocycles. The van der Waals surface area contributed by atoms with Crippen LogP contribution in [0.2, 0.25) is 0 Å². The van der Waals surface area contributed by atoms with Crippen LogP contribution in [-0.2, 0) is 14.3 Å². The van der Waals surface area contributed by atoms with Crippen molar-refractivity contribution in [2.45, 2.75) is 43.4 Å². The van der Waals surface area contributed by atoms with Gasteiger partial charge in [-0.15, -0.1) is 0 Å². The highest BCUT2D eigenvalue weighted by Crippen LogP contribution is 2.44. The lowest BCUT2D eigenvalue weighted by Gasteiger charge is -2.35. The summed E-state index contributed by atoms with van der Waals surface area (Å²) in [5, 5.41) is 10.9. The molecule has 2 atom stereocenters. The summed E-state index contributed by atoms with van der Waals surface area (Å²) >= 11 is 0. The van der Waals surface area contributed by atoms with Crippen molar-refractivity contribution in [2.24, 2.45) is 0 Å². The molecule has 0 saturated carbocycles. The number of alkyl halides is 3. The minimum Gasteiger partial charge on any atom is -0.480 e. The Hall–Kier alpha value is -3.56. The highest BCUT2D eigenvalue weighted by atomic mass is 19.4. The Labute approximate surface area is 193 Å². The van der Waals surface area contributed by atoms with Crippen LogP contribution in [0.4, 0.5) is 18.0 Å². The molecule has 2 aliphatic rings. The number of ether oxygens (including phenoxy) is 1. The number of carbonyl (C=O) groups excluding carboxylic acids is 2. The maximum Gasteiger partial charge on any atom is 0.417 e. The molecule has 180 valence electrons. The third-order valence-corrected chi connectivity index (χ3v) is 6.25. The molecule has 7 nitrogen and oxygen atoms in total. The molecular weight excluding hydrogens is 453 g/mol. The fourth-order valence-electron chi connectivity index (χ4n) is 4.66. The third-order valence-electron chi connectivity index (χ3n) is 6.25. The van der Waals surface area contributed by atoms with E-state index in [0.717, 1.165) is 22.3 Å².